The minimum atomic E-state index is -4.05. The second-order valence-electron chi connectivity index (χ2n) is 6.58. The van der Waals surface area contributed by atoms with Crippen LogP contribution in [0.3, 0.4) is 0 Å². The van der Waals surface area contributed by atoms with Crippen molar-refractivity contribution >= 4 is 27.6 Å². The predicted octanol–water partition coefficient (Wildman–Crippen LogP) is 1.67. The number of ether oxygens (including phenoxy) is 1. The molecule has 0 bridgehead atoms. The molecule has 2 aromatic rings. The number of hydrogen-bond acceptors (Lipinski definition) is 6. The van der Waals surface area contributed by atoms with Crippen LogP contribution in [0.4, 0.5) is 4.39 Å². The highest BCUT2D eigenvalue weighted by Crippen LogP contribution is 2.14. The van der Waals surface area contributed by atoms with E-state index in [0.29, 0.717) is 13.0 Å². The molecule has 2 aromatic carbocycles. The maximum absolute atomic E-state index is 13.0. The molecular weight excluding hydrogens is 413 g/mol. The van der Waals surface area contributed by atoms with E-state index in [1.165, 1.54) is 11.9 Å². The SMILES string of the molecule is C[C@H](NS(=O)(=O)c1ccc(F)cc1)C(=O)OCC(=O)N1CCC(c2ccccc2)=N1. The molecule has 1 heterocycles. The normalized spacial score (nSPS) is 14.9. The van der Waals surface area contributed by atoms with E-state index in [1.807, 2.05) is 30.3 Å². The molecule has 1 aliphatic rings. The Morgan fingerprint density at radius 3 is 2.50 bits per heavy atom. The second kappa shape index (κ2) is 9.14. The first-order valence-corrected chi connectivity index (χ1v) is 10.6. The van der Waals surface area contributed by atoms with Crippen molar-refractivity contribution in [1.29, 1.82) is 0 Å². The Hall–Kier alpha value is -3.11. The first-order valence-electron chi connectivity index (χ1n) is 9.14. The third-order valence-electron chi connectivity index (χ3n) is 4.34. The van der Waals surface area contributed by atoms with Crippen molar-refractivity contribution in [1.82, 2.24) is 9.73 Å². The molecule has 0 radical (unpaired) electrons. The summed E-state index contributed by atoms with van der Waals surface area (Å²) in [6.45, 7) is 1.09. The van der Waals surface area contributed by atoms with Crippen LogP contribution >= 0.6 is 0 Å². The molecule has 8 nitrogen and oxygen atoms in total. The summed E-state index contributed by atoms with van der Waals surface area (Å²) in [6, 6.07) is 12.3. The smallest absolute Gasteiger partial charge is 0.324 e. The average molecular weight is 433 g/mol. The highest BCUT2D eigenvalue weighted by Gasteiger charge is 2.26. The highest BCUT2D eigenvalue weighted by atomic mass is 32.2. The third kappa shape index (κ3) is 5.28. The lowest BCUT2D eigenvalue weighted by atomic mass is 10.1. The van der Waals surface area contributed by atoms with Gasteiger partial charge in [0.1, 0.15) is 11.9 Å². The van der Waals surface area contributed by atoms with Gasteiger partial charge in [0, 0.05) is 6.42 Å². The molecule has 3 rings (SSSR count). The summed E-state index contributed by atoms with van der Waals surface area (Å²) in [5.41, 5.74) is 1.67. The van der Waals surface area contributed by atoms with Crippen LogP contribution in [0.25, 0.3) is 0 Å². The zero-order chi connectivity index (χ0) is 21.7. The summed E-state index contributed by atoms with van der Waals surface area (Å²) in [5.74, 6) is -2.01. The van der Waals surface area contributed by atoms with Gasteiger partial charge in [0.05, 0.1) is 17.2 Å². The molecular formula is C20H20FN3O5S. The molecule has 0 aromatic heterocycles. The van der Waals surface area contributed by atoms with Crippen molar-refractivity contribution in [2.45, 2.75) is 24.3 Å². The number of halogens is 1. The third-order valence-corrected chi connectivity index (χ3v) is 5.90. The van der Waals surface area contributed by atoms with Crippen LogP contribution in [0.2, 0.25) is 0 Å². The quantitative estimate of drug-likeness (QED) is 0.669. The number of nitrogens with one attached hydrogen (secondary N) is 1. The Labute approximate surface area is 173 Å². The maximum Gasteiger partial charge on any atom is 0.324 e. The van der Waals surface area contributed by atoms with Crippen molar-refractivity contribution in [2.75, 3.05) is 13.2 Å². The lowest BCUT2D eigenvalue weighted by molar-refractivity contribution is -0.152. The minimum Gasteiger partial charge on any atom is -0.454 e. The monoisotopic (exact) mass is 433 g/mol. The molecule has 1 amide bonds. The molecule has 1 atom stereocenters. The van der Waals surface area contributed by atoms with E-state index in [4.69, 9.17) is 4.74 Å². The number of hydrazone groups is 1. The van der Waals surface area contributed by atoms with Gasteiger partial charge in [-0.15, -0.1) is 0 Å². The van der Waals surface area contributed by atoms with Crippen molar-refractivity contribution < 1.29 is 27.1 Å². The largest absolute Gasteiger partial charge is 0.454 e. The van der Waals surface area contributed by atoms with Gasteiger partial charge < -0.3 is 4.74 Å². The van der Waals surface area contributed by atoms with Crippen molar-refractivity contribution in [2.24, 2.45) is 5.10 Å². The van der Waals surface area contributed by atoms with Gasteiger partial charge >= 0.3 is 5.97 Å². The molecule has 0 unspecified atom stereocenters. The van der Waals surface area contributed by atoms with E-state index < -0.39 is 40.4 Å². The standard InChI is InChI=1S/C20H20FN3O5S/c1-14(23-30(27,28)17-9-7-16(21)8-10-17)20(26)29-13-19(25)24-12-11-18(22-24)15-5-3-2-4-6-15/h2-10,14,23H,11-13H2,1H3/t14-/m0/s1. The lowest BCUT2D eigenvalue weighted by Crippen LogP contribution is -2.40. The molecule has 0 spiro atoms. The molecule has 1 aliphatic heterocycles. The van der Waals surface area contributed by atoms with Gasteiger partial charge in [-0.1, -0.05) is 30.3 Å². The van der Waals surface area contributed by atoms with Crippen LogP contribution in [0.1, 0.15) is 18.9 Å². The molecule has 1 N–H and O–H groups in total. The Balaban J connectivity index is 1.53. The molecule has 0 fully saturated rings. The van der Waals surface area contributed by atoms with Crippen LogP contribution in [0.5, 0.6) is 0 Å². The maximum atomic E-state index is 13.0. The summed E-state index contributed by atoms with van der Waals surface area (Å²) in [4.78, 5) is 24.2. The Kier molecular flexibility index (Phi) is 6.58. The number of carbonyl (C=O) groups excluding carboxylic acids is 2. The predicted molar refractivity (Wildman–Crippen MR) is 106 cm³/mol. The van der Waals surface area contributed by atoms with E-state index in [9.17, 15) is 22.4 Å². The van der Waals surface area contributed by atoms with E-state index in [1.54, 1.807) is 0 Å². The van der Waals surface area contributed by atoms with Crippen molar-refractivity contribution in [3.8, 4) is 0 Å². The Morgan fingerprint density at radius 1 is 1.17 bits per heavy atom. The van der Waals surface area contributed by atoms with Gasteiger partial charge in [-0.2, -0.15) is 9.82 Å². The number of sulfonamides is 1. The summed E-state index contributed by atoms with van der Waals surface area (Å²) in [5, 5.41) is 5.48. The molecule has 0 saturated carbocycles. The van der Waals surface area contributed by atoms with Crippen LogP contribution in [-0.4, -0.2) is 50.2 Å². The van der Waals surface area contributed by atoms with Gasteiger partial charge in [-0.05, 0) is 36.8 Å². The number of rotatable bonds is 7. The zero-order valence-electron chi connectivity index (χ0n) is 16.1. The van der Waals surface area contributed by atoms with Crippen LogP contribution < -0.4 is 4.72 Å². The Bertz CT molecular complexity index is 1060. The minimum absolute atomic E-state index is 0.195. The van der Waals surface area contributed by atoms with Crippen LogP contribution in [0, 0.1) is 5.82 Å². The first-order chi connectivity index (χ1) is 14.3. The lowest BCUT2D eigenvalue weighted by Gasteiger charge is -2.15. The summed E-state index contributed by atoms with van der Waals surface area (Å²) < 4.78 is 44.5. The molecule has 10 heteroatoms. The van der Waals surface area contributed by atoms with Gasteiger partial charge in [0.2, 0.25) is 10.0 Å². The summed E-state index contributed by atoms with van der Waals surface area (Å²) >= 11 is 0. The van der Waals surface area contributed by atoms with Crippen molar-refractivity contribution in [3.63, 3.8) is 0 Å². The molecule has 30 heavy (non-hydrogen) atoms. The molecule has 0 aliphatic carbocycles. The summed E-state index contributed by atoms with van der Waals surface area (Å²) in [6.07, 6.45) is 0.581. The molecule has 158 valence electrons. The fraction of sp³-hybridized carbons (Fsp3) is 0.250. The van der Waals surface area contributed by atoms with Gasteiger partial charge in [-0.25, -0.2) is 17.8 Å². The number of nitrogens with zero attached hydrogens (tertiary/aromatic N) is 2. The number of carbonyl (C=O) groups is 2. The molecule has 0 saturated heterocycles. The Morgan fingerprint density at radius 2 is 1.83 bits per heavy atom. The van der Waals surface area contributed by atoms with E-state index in [-0.39, 0.29) is 4.90 Å². The topological polar surface area (TPSA) is 105 Å². The van der Waals surface area contributed by atoms with E-state index in [2.05, 4.69) is 9.82 Å². The fourth-order valence-corrected chi connectivity index (χ4v) is 3.96. The zero-order valence-corrected chi connectivity index (χ0v) is 16.9. The van der Waals surface area contributed by atoms with E-state index >= 15 is 0 Å². The van der Waals surface area contributed by atoms with Crippen LogP contribution in [-0.2, 0) is 24.3 Å². The number of amides is 1. The highest BCUT2D eigenvalue weighted by molar-refractivity contribution is 7.89. The summed E-state index contributed by atoms with van der Waals surface area (Å²) in [7, 11) is -4.05. The van der Waals surface area contributed by atoms with Gasteiger partial charge in [0.25, 0.3) is 5.91 Å². The van der Waals surface area contributed by atoms with E-state index in [0.717, 1.165) is 35.5 Å². The number of esters is 1. The number of hydrogen-bond donors (Lipinski definition) is 1. The first kappa shape index (κ1) is 21.6. The average Bonchev–Trinajstić information content (AvgIpc) is 3.23. The van der Waals surface area contributed by atoms with Gasteiger partial charge in [-0.3, -0.25) is 9.59 Å². The number of benzene rings is 2. The fourth-order valence-electron chi connectivity index (χ4n) is 2.77. The second-order valence-corrected chi connectivity index (χ2v) is 8.30. The van der Waals surface area contributed by atoms with Gasteiger partial charge in [0.15, 0.2) is 6.61 Å². The van der Waals surface area contributed by atoms with Crippen molar-refractivity contribution in [3.05, 3.63) is 66.0 Å². The van der Waals surface area contributed by atoms with Crippen LogP contribution in [0.15, 0.2) is 64.6 Å².